The summed E-state index contributed by atoms with van der Waals surface area (Å²) in [6.45, 7) is 2.02. The summed E-state index contributed by atoms with van der Waals surface area (Å²) in [5, 5.41) is 5.18. The molecule has 0 radical (unpaired) electrons. The molecule has 1 aromatic heterocycles. The van der Waals surface area contributed by atoms with Crippen molar-refractivity contribution < 1.29 is 4.39 Å². The SMILES string of the molecule is CC(Nc1cc(Br)ccc1F)c1cccs1. The molecular weight excluding hydrogens is 289 g/mol. The lowest BCUT2D eigenvalue weighted by Crippen LogP contribution is -2.06. The largest absolute Gasteiger partial charge is 0.375 e. The fourth-order valence-corrected chi connectivity index (χ4v) is 2.55. The Hall–Kier alpha value is -0.870. The maximum Gasteiger partial charge on any atom is 0.146 e. The van der Waals surface area contributed by atoms with Gasteiger partial charge in [0.1, 0.15) is 5.82 Å². The maximum absolute atomic E-state index is 13.5. The van der Waals surface area contributed by atoms with Crippen molar-refractivity contribution in [1.82, 2.24) is 0 Å². The van der Waals surface area contributed by atoms with Gasteiger partial charge in [-0.25, -0.2) is 4.39 Å². The fraction of sp³-hybridized carbons (Fsp3) is 0.167. The van der Waals surface area contributed by atoms with E-state index in [-0.39, 0.29) is 11.9 Å². The predicted octanol–water partition coefficient (Wildman–Crippen LogP) is 4.82. The van der Waals surface area contributed by atoms with Crippen LogP contribution in [0.15, 0.2) is 40.2 Å². The molecule has 1 atom stereocenters. The number of rotatable bonds is 3. The molecule has 1 unspecified atom stereocenters. The van der Waals surface area contributed by atoms with Crippen LogP contribution in [-0.2, 0) is 0 Å². The second-order valence-corrected chi connectivity index (χ2v) is 5.40. The standard InChI is InChI=1S/C12H11BrFNS/c1-8(12-3-2-6-16-12)15-11-7-9(13)4-5-10(11)14/h2-8,15H,1H3. The van der Waals surface area contributed by atoms with E-state index >= 15 is 0 Å². The van der Waals surface area contributed by atoms with Crippen molar-refractivity contribution >= 4 is 33.0 Å². The van der Waals surface area contributed by atoms with Gasteiger partial charge in [0.05, 0.1) is 11.7 Å². The topological polar surface area (TPSA) is 12.0 Å². The highest BCUT2D eigenvalue weighted by Gasteiger charge is 2.09. The Morgan fingerprint density at radius 1 is 1.38 bits per heavy atom. The van der Waals surface area contributed by atoms with E-state index < -0.39 is 0 Å². The molecule has 0 amide bonds. The lowest BCUT2D eigenvalue weighted by atomic mass is 10.2. The number of thiophene rings is 1. The van der Waals surface area contributed by atoms with Gasteiger partial charge >= 0.3 is 0 Å². The van der Waals surface area contributed by atoms with E-state index in [1.54, 1.807) is 23.5 Å². The van der Waals surface area contributed by atoms with E-state index in [2.05, 4.69) is 21.2 Å². The first-order valence-electron chi connectivity index (χ1n) is 4.92. The molecule has 16 heavy (non-hydrogen) atoms. The molecule has 84 valence electrons. The fourth-order valence-electron chi connectivity index (χ4n) is 1.45. The summed E-state index contributed by atoms with van der Waals surface area (Å²) in [6, 6.07) is 9.04. The Bertz CT molecular complexity index is 470. The van der Waals surface area contributed by atoms with Gasteiger partial charge in [0.2, 0.25) is 0 Å². The summed E-state index contributed by atoms with van der Waals surface area (Å²) in [7, 11) is 0. The summed E-state index contributed by atoms with van der Waals surface area (Å²) in [5.74, 6) is -0.230. The van der Waals surface area contributed by atoms with Gasteiger partial charge in [0, 0.05) is 9.35 Å². The van der Waals surface area contributed by atoms with Crippen molar-refractivity contribution in [3.05, 3.63) is 50.9 Å². The predicted molar refractivity (Wildman–Crippen MR) is 70.5 cm³/mol. The van der Waals surface area contributed by atoms with Crippen LogP contribution in [0.2, 0.25) is 0 Å². The first-order chi connectivity index (χ1) is 7.66. The van der Waals surface area contributed by atoms with E-state index in [9.17, 15) is 4.39 Å². The van der Waals surface area contributed by atoms with Crippen LogP contribution in [0.1, 0.15) is 17.8 Å². The molecule has 0 bridgehead atoms. The van der Waals surface area contributed by atoms with E-state index in [0.29, 0.717) is 5.69 Å². The Morgan fingerprint density at radius 3 is 2.88 bits per heavy atom. The number of benzene rings is 1. The molecule has 0 aliphatic heterocycles. The van der Waals surface area contributed by atoms with Gasteiger partial charge in [-0.1, -0.05) is 22.0 Å². The van der Waals surface area contributed by atoms with Crippen LogP contribution in [0.25, 0.3) is 0 Å². The zero-order valence-corrected chi connectivity index (χ0v) is 11.1. The molecule has 1 heterocycles. The summed E-state index contributed by atoms with van der Waals surface area (Å²) >= 11 is 4.99. The molecule has 0 spiro atoms. The number of halogens is 2. The zero-order chi connectivity index (χ0) is 11.5. The quantitative estimate of drug-likeness (QED) is 0.856. The van der Waals surface area contributed by atoms with Crippen LogP contribution in [-0.4, -0.2) is 0 Å². The highest BCUT2D eigenvalue weighted by atomic mass is 79.9. The molecule has 1 N–H and O–H groups in total. The Labute approximate surface area is 106 Å². The molecular formula is C12H11BrFNS. The third-order valence-electron chi connectivity index (χ3n) is 2.27. The molecule has 0 saturated carbocycles. The summed E-state index contributed by atoms with van der Waals surface area (Å²) in [6.07, 6.45) is 0. The minimum absolute atomic E-state index is 0.115. The molecule has 0 aliphatic rings. The van der Waals surface area contributed by atoms with Gasteiger partial charge in [0.15, 0.2) is 0 Å². The smallest absolute Gasteiger partial charge is 0.146 e. The van der Waals surface area contributed by atoms with Crippen molar-refractivity contribution in [2.24, 2.45) is 0 Å². The summed E-state index contributed by atoms with van der Waals surface area (Å²) < 4.78 is 14.4. The first kappa shape index (κ1) is 11.6. The van der Waals surface area contributed by atoms with Gasteiger partial charge in [0.25, 0.3) is 0 Å². The monoisotopic (exact) mass is 299 g/mol. The summed E-state index contributed by atoms with van der Waals surface area (Å²) in [5.41, 5.74) is 0.523. The third kappa shape index (κ3) is 2.62. The first-order valence-corrected chi connectivity index (χ1v) is 6.59. The molecule has 2 rings (SSSR count). The lowest BCUT2D eigenvalue weighted by molar-refractivity contribution is 0.627. The molecule has 0 fully saturated rings. The normalized spacial score (nSPS) is 12.4. The van der Waals surface area contributed by atoms with Crippen molar-refractivity contribution in [2.45, 2.75) is 13.0 Å². The molecule has 1 aromatic carbocycles. The van der Waals surface area contributed by atoms with Crippen LogP contribution >= 0.6 is 27.3 Å². The zero-order valence-electron chi connectivity index (χ0n) is 8.71. The van der Waals surface area contributed by atoms with Crippen LogP contribution in [0.4, 0.5) is 10.1 Å². The Balaban J connectivity index is 2.17. The van der Waals surface area contributed by atoms with Crippen LogP contribution in [0.5, 0.6) is 0 Å². The van der Waals surface area contributed by atoms with Crippen LogP contribution in [0, 0.1) is 5.82 Å². The van der Waals surface area contributed by atoms with Crippen molar-refractivity contribution in [3.8, 4) is 0 Å². The van der Waals surface area contributed by atoms with E-state index in [1.807, 2.05) is 24.4 Å². The van der Waals surface area contributed by atoms with Crippen molar-refractivity contribution in [3.63, 3.8) is 0 Å². The van der Waals surface area contributed by atoms with E-state index in [4.69, 9.17) is 0 Å². The Kier molecular flexibility index (Phi) is 3.61. The average Bonchev–Trinajstić information content (AvgIpc) is 2.76. The van der Waals surface area contributed by atoms with Crippen LogP contribution in [0.3, 0.4) is 0 Å². The van der Waals surface area contributed by atoms with Crippen LogP contribution < -0.4 is 5.32 Å². The number of hydrogen-bond acceptors (Lipinski definition) is 2. The Morgan fingerprint density at radius 2 is 2.19 bits per heavy atom. The van der Waals surface area contributed by atoms with Gasteiger partial charge < -0.3 is 5.32 Å². The molecule has 0 aliphatic carbocycles. The maximum atomic E-state index is 13.5. The molecule has 0 saturated heterocycles. The summed E-state index contributed by atoms with van der Waals surface area (Å²) in [4.78, 5) is 1.19. The second-order valence-electron chi connectivity index (χ2n) is 3.51. The van der Waals surface area contributed by atoms with Gasteiger partial charge in [-0.3, -0.25) is 0 Å². The van der Waals surface area contributed by atoms with E-state index in [1.165, 1.54) is 10.9 Å². The van der Waals surface area contributed by atoms with Crippen molar-refractivity contribution in [2.75, 3.05) is 5.32 Å². The highest BCUT2D eigenvalue weighted by molar-refractivity contribution is 9.10. The highest BCUT2D eigenvalue weighted by Crippen LogP contribution is 2.26. The minimum Gasteiger partial charge on any atom is -0.375 e. The van der Waals surface area contributed by atoms with E-state index in [0.717, 1.165) is 4.47 Å². The molecule has 4 heteroatoms. The van der Waals surface area contributed by atoms with Gasteiger partial charge in [-0.2, -0.15) is 0 Å². The number of hydrogen-bond donors (Lipinski definition) is 1. The third-order valence-corrected chi connectivity index (χ3v) is 3.82. The van der Waals surface area contributed by atoms with Gasteiger partial charge in [-0.05, 0) is 36.6 Å². The number of nitrogens with one attached hydrogen (secondary N) is 1. The average molecular weight is 300 g/mol. The van der Waals surface area contributed by atoms with Gasteiger partial charge in [-0.15, -0.1) is 11.3 Å². The molecule has 2 aromatic rings. The minimum atomic E-state index is -0.230. The number of anilines is 1. The lowest BCUT2D eigenvalue weighted by Gasteiger charge is -2.14. The van der Waals surface area contributed by atoms with Crippen molar-refractivity contribution in [1.29, 1.82) is 0 Å². The second kappa shape index (κ2) is 4.97. The molecule has 1 nitrogen and oxygen atoms in total.